The molecule has 0 saturated heterocycles. The molecule has 0 radical (unpaired) electrons. The second-order valence-corrected chi connectivity index (χ2v) is 21.0. The molecule has 0 saturated carbocycles. The van der Waals surface area contributed by atoms with Crippen molar-refractivity contribution in [2.45, 2.75) is 52.4 Å². The van der Waals surface area contributed by atoms with Gasteiger partial charge in [0, 0.05) is 27.1 Å². The molecule has 0 N–H and O–H groups in total. The molecular formula is C68H42F12N4. The number of aryl methyl sites for hydroxylation is 4. The van der Waals surface area contributed by atoms with Crippen LogP contribution in [0.25, 0.3) is 111 Å². The molecule has 12 rings (SSSR count). The van der Waals surface area contributed by atoms with Crippen LogP contribution in [0.4, 0.5) is 52.7 Å². The lowest BCUT2D eigenvalue weighted by atomic mass is 9.96. The molecule has 3 heterocycles. The molecule has 0 unspecified atom stereocenters. The maximum absolute atomic E-state index is 14.9. The van der Waals surface area contributed by atoms with Gasteiger partial charge in [-0.2, -0.15) is 57.9 Å². The molecule has 0 fully saturated rings. The number of hydrogen-bond acceptors (Lipinski definition) is 2. The standard InChI is InChI=1S/C68H42F12N4/c1-36-5-17-50(57(25-36)67(75,76)77)44-13-21-53-52-19-11-42(48-23-15-46(27-38(48)3)65(69,70)71)29-59(52)83(60(53)31-44)63-35-82-64(33-56(63)41-9-7-40(34-81)8-10-41)84-61-30-43(49-24-16-47(28-39(49)4)66(72,73)74)12-20-54(61)55-22-14-45(32-62(55)84)51-18-6-37(2)26-58(51)68(78,79)80/h5-33,35H,1-4H3. The summed E-state index contributed by atoms with van der Waals surface area (Å²) in [6, 6.07) is 45.9. The van der Waals surface area contributed by atoms with E-state index in [9.17, 15) is 57.9 Å². The third kappa shape index (κ3) is 9.66. The fourth-order valence-electron chi connectivity index (χ4n) is 11.5. The summed E-state index contributed by atoms with van der Waals surface area (Å²) in [6.07, 6.45) is -17.2. The van der Waals surface area contributed by atoms with Gasteiger partial charge in [0.05, 0.1) is 67.8 Å². The van der Waals surface area contributed by atoms with Crippen LogP contribution < -0.4 is 0 Å². The third-order valence-electron chi connectivity index (χ3n) is 15.5. The first-order valence-corrected chi connectivity index (χ1v) is 26.2. The number of fused-ring (bicyclic) bond motifs is 6. The van der Waals surface area contributed by atoms with Crippen LogP contribution in [0.3, 0.4) is 0 Å². The first-order chi connectivity index (χ1) is 39.7. The molecule has 0 atom stereocenters. The number of nitriles is 1. The molecule has 84 heavy (non-hydrogen) atoms. The van der Waals surface area contributed by atoms with Crippen molar-refractivity contribution in [3.8, 4) is 73.2 Å². The zero-order valence-corrected chi connectivity index (χ0v) is 44.6. The lowest BCUT2D eigenvalue weighted by molar-refractivity contribution is -0.138. The Bertz CT molecular complexity index is 4720. The molecule has 3 aromatic heterocycles. The number of pyridine rings is 1. The van der Waals surface area contributed by atoms with Crippen LogP contribution in [-0.4, -0.2) is 14.1 Å². The number of benzene rings is 9. The van der Waals surface area contributed by atoms with Crippen molar-refractivity contribution in [1.29, 1.82) is 5.26 Å². The van der Waals surface area contributed by atoms with Crippen molar-refractivity contribution < 1.29 is 52.7 Å². The third-order valence-corrected chi connectivity index (χ3v) is 15.5. The molecule has 0 spiro atoms. The summed E-state index contributed by atoms with van der Waals surface area (Å²) >= 11 is 0. The van der Waals surface area contributed by atoms with E-state index in [1.54, 1.807) is 154 Å². The monoisotopic (exact) mass is 1140 g/mol. The highest BCUT2D eigenvalue weighted by Gasteiger charge is 2.36. The number of aromatic nitrogens is 3. The second-order valence-electron chi connectivity index (χ2n) is 21.0. The fraction of sp³-hybridized carbons (Fsp3) is 0.118. The van der Waals surface area contributed by atoms with Crippen LogP contribution in [0.5, 0.6) is 0 Å². The van der Waals surface area contributed by atoms with Gasteiger partial charge in [0.2, 0.25) is 0 Å². The number of halogens is 12. The Morgan fingerprint density at radius 1 is 0.357 bits per heavy atom. The summed E-state index contributed by atoms with van der Waals surface area (Å²) in [7, 11) is 0. The highest BCUT2D eigenvalue weighted by atomic mass is 19.4. The first-order valence-electron chi connectivity index (χ1n) is 26.2. The Labute approximate surface area is 471 Å². The molecule has 0 amide bonds. The summed E-state index contributed by atoms with van der Waals surface area (Å²) in [5.41, 5.74) is 3.62. The van der Waals surface area contributed by atoms with E-state index < -0.39 is 47.0 Å². The number of rotatable bonds is 7. The van der Waals surface area contributed by atoms with Crippen LogP contribution in [0.15, 0.2) is 182 Å². The molecule has 418 valence electrons. The van der Waals surface area contributed by atoms with Crippen molar-refractivity contribution in [3.05, 3.63) is 232 Å². The van der Waals surface area contributed by atoms with Gasteiger partial charge >= 0.3 is 24.7 Å². The summed E-state index contributed by atoms with van der Waals surface area (Å²) in [5, 5.41) is 12.4. The van der Waals surface area contributed by atoms with Gasteiger partial charge in [-0.3, -0.25) is 4.57 Å². The quantitative estimate of drug-likeness (QED) is 0.149. The number of hydrogen-bond donors (Lipinski definition) is 0. The van der Waals surface area contributed by atoms with Gasteiger partial charge in [0.15, 0.2) is 0 Å². The van der Waals surface area contributed by atoms with E-state index in [2.05, 4.69) is 6.07 Å². The van der Waals surface area contributed by atoms with Gasteiger partial charge in [0.25, 0.3) is 0 Å². The fourth-order valence-corrected chi connectivity index (χ4v) is 11.5. The van der Waals surface area contributed by atoms with Crippen LogP contribution >= 0.6 is 0 Å². The highest BCUT2D eigenvalue weighted by molar-refractivity contribution is 6.13. The molecular weight excluding hydrogens is 1100 g/mol. The second kappa shape index (κ2) is 19.8. The van der Waals surface area contributed by atoms with Crippen LogP contribution in [0.2, 0.25) is 0 Å². The Kier molecular flexibility index (Phi) is 12.9. The van der Waals surface area contributed by atoms with Crippen molar-refractivity contribution in [2.75, 3.05) is 0 Å². The first kappa shape index (κ1) is 54.9. The predicted octanol–water partition coefficient (Wildman–Crippen LogP) is 20.8. The molecule has 0 aliphatic carbocycles. The van der Waals surface area contributed by atoms with Crippen molar-refractivity contribution in [1.82, 2.24) is 14.1 Å². The van der Waals surface area contributed by atoms with Crippen molar-refractivity contribution in [3.63, 3.8) is 0 Å². The highest BCUT2D eigenvalue weighted by Crippen LogP contribution is 2.46. The SMILES string of the molecule is Cc1ccc(-c2ccc3c4ccc(-c5ccc(C(F)(F)F)cc5C)cc4n(-c4cc(-c5ccc(C#N)cc5)c(-n5c6cc(-c7ccc(C(F)(F)F)cc7C)ccc6c6ccc(-c7ccc(C)cc7C(F)(F)F)cc65)cn4)c3c2)c(C(F)(F)F)c1. The van der Waals surface area contributed by atoms with Gasteiger partial charge in [-0.15, -0.1) is 0 Å². The minimum atomic E-state index is -4.74. The van der Waals surface area contributed by atoms with E-state index in [1.165, 1.54) is 24.3 Å². The molecule has 16 heteroatoms. The van der Waals surface area contributed by atoms with Gasteiger partial charge in [-0.1, -0.05) is 108 Å². The average molecular weight is 1140 g/mol. The largest absolute Gasteiger partial charge is 0.417 e. The van der Waals surface area contributed by atoms with E-state index in [0.29, 0.717) is 110 Å². The lowest BCUT2D eigenvalue weighted by Gasteiger charge is -2.18. The Morgan fingerprint density at radius 2 is 0.726 bits per heavy atom. The Balaban J connectivity index is 1.17. The summed E-state index contributed by atoms with van der Waals surface area (Å²) in [6.45, 7) is 6.23. The van der Waals surface area contributed by atoms with E-state index in [4.69, 9.17) is 4.98 Å². The zero-order chi connectivity index (χ0) is 59.5. The summed E-state index contributed by atoms with van der Waals surface area (Å²) in [5.74, 6) is 0.216. The molecule has 9 aromatic carbocycles. The van der Waals surface area contributed by atoms with Crippen molar-refractivity contribution in [2.24, 2.45) is 0 Å². The summed E-state index contributed by atoms with van der Waals surface area (Å²) in [4.78, 5) is 5.13. The zero-order valence-electron chi connectivity index (χ0n) is 44.6. The summed E-state index contributed by atoms with van der Waals surface area (Å²) < 4.78 is 177. The minimum absolute atomic E-state index is 0.0981. The van der Waals surface area contributed by atoms with Gasteiger partial charge in [-0.25, -0.2) is 4.98 Å². The minimum Gasteiger partial charge on any atom is -0.307 e. The topological polar surface area (TPSA) is 46.5 Å². The lowest BCUT2D eigenvalue weighted by Crippen LogP contribution is -2.08. The number of alkyl halides is 12. The van der Waals surface area contributed by atoms with Crippen LogP contribution in [0.1, 0.15) is 50.1 Å². The number of nitrogens with zero attached hydrogens (tertiary/aromatic N) is 4. The molecule has 0 aliphatic rings. The maximum atomic E-state index is 14.9. The van der Waals surface area contributed by atoms with Gasteiger partial charge < -0.3 is 4.57 Å². The molecule has 4 nitrogen and oxygen atoms in total. The Morgan fingerprint density at radius 3 is 1.10 bits per heavy atom. The normalized spacial score (nSPS) is 12.5. The van der Waals surface area contributed by atoms with E-state index in [0.717, 1.165) is 36.4 Å². The van der Waals surface area contributed by atoms with Crippen LogP contribution in [0, 0.1) is 39.0 Å². The van der Waals surface area contributed by atoms with E-state index in [1.807, 2.05) is 4.57 Å². The Hall–Kier alpha value is -9.62. The van der Waals surface area contributed by atoms with Crippen molar-refractivity contribution >= 4 is 43.6 Å². The van der Waals surface area contributed by atoms with Gasteiger partial charge in [0.1, 0.15) is 5.82 Å². The molecule has 12 aromatic rings. The van der Waals surface area contributed by atoms with E-state index >= 15 is 0 Å². The smallest absolute Gasteiger partial charge is 0.307 e. The molecule has 0 aliphatic heterocycles. The van der Waals surface area contributed by atoms with Gasteiger partial charge in [-0.05, 0) is 168 Å². The maximum Gasteiger partial charge on any atom is 0.417 e. The van der Waals surface area contributed by atoms with Crippen LogP contribution in [-0.2, 0) is 24.7 Å². The van der Waals surface area contributed by atoms with E-state index in [-0.39, 0.29) is 28.1 Å². The molecule has 0 bridgehead atoms. The predicted molar refractivity (Wildman–Crippen MR) is 304 cm³/mol. The average Bonchev–Trinajstić information content (AvgIpc) is 1.77.